The van der Waals surface area contributed by atoms with Crippen LogP contribution in [-0.2, 0) is 4.74 Å². The lowest BCUT2D eigenvalue weighted by Crippen LogP contribution is -2.35. The first-order valence-electron chi connectivity index (χ1n) is 7.78. The van der Waals surface area contributed by atoms with Gasteiger partial charge in [0.15, 0.2) is 0 Å². The molecular weight excluding hydrogens is 280 g/mol. The highest BCUT2D eigenvalue weighted by Crippen LogP contribution is 2.20. The Bertz CT molecular complexity index is 659. The molecule has 6 nitrogen and oxygen atoms in total. The highest BCUT2D eigenvalue weighted by Gasteiger charge is 2.16. The minimum Gasteiger partial charge on any atom is -0.376 e. The van der Waals surface area contributed by atoms with Gasteiger partial charge in [0.1, 0.15) is 5.82 Å². The fraction of sp³-hybridized carbons (Fsp3) is 0.500. The lowest BCUT2D eigenvalue weighted by atomic mass is 10.2. The number of nitrogens with zero attached hydrogens (tertiary/aromatic N) is 1. The first kappa shape index (κ1) is 14.8. The fourth-order valence-electron chi connectivity index (χ4n) is 2.57. The number of urea groups is 1. The number of carbonyl (C=O) groups excluding carboxylic acids is 1. The van der Waals surface area contributed by atoms with Crippen molar-refractivity contribution in [3.63, 3.8) is 0 Å². The van der Waals surface area contributed by atoms with Crippen LogP contribution in [0.4, 0.5) is 10.5 Å². The number of aromatic nitrogens is 2. The topological polar surface area (TPSA) is 79.0 Å². The van der Waals surface area contributed by atoms with E-state index < -0.39 is 0 Å². The summed E-state index contributed by atoms with van der Waals surface area (Å²) in [6.07, 6.45) is 2.23. The van der Waals surface area contributed by atoms with E-state index in [1.54, 1.807) is 0 Å². The van der Waals surface area contributed by atoms with Crippen molar-refractivity contribution in [3.05, 3.63) is 24.0 Å². The molecule has 118 valence electrons. The monoisotopic (exact) mass is 302 g/mol. The molecule has 1 fully saturated rings. The Kier molecular flexibility index (Phi) is 4.29. The molecule has 0 radical (unpaired) electrons. The minimum atomic E-state index is -0.210. The summed E-state index contributed by atoms with van der Waals surface area (Å²) in [6.45, 7) is 5.53. The molecule has 1 aliphatic rings. The van der Waals surface area contributed by atoms with Crippen LogP contribution in [0, 0.1) is 0 Å². The summed E-state index contributed by atoms with van der Waals surface area (Å²) in [5.74, 6) is 1.30. The smallest absolute Gasteiger partial charge is 0.319 e. The minimum absolute atomic E-state index is 0.148. The lowest BCUT2D eigenvalue weighted by molar-refractivity contribution is 0.112. The van der Waals surface area contributed by atoms with E-state index in [1.807, 2.05) is 18.2 Å². The maximum Gasteiger partial charge on any atom is 0.319 e. The summed E-state index contributed by atoms with van der Waals surface area (Å²) in [6, 6.07) is 5.46. The largest absolute Gasteiger partial charge is 0.376 e. The van der Waals surface area contributed by atoms with Gasteiger partial charge < -0.3 is 20.4 Å². The molecule has 0 saturated carbocycles. The summed E-state index contributed by atoms with van der Waals surface area (Å²) < 4.78 is 5.48. The number of amides is 2. The van der Waals surface area contributed by atoms with Crippen molar-refractivity contribution >= 4 is 22.8 Å². The molecule has 1 aromatic heterocycles. The second-order valence-electron chi connectivity index (χ2n) is 5.98. The number of hydrogen-bond donors (Lipinski definition) is 3. The van der Waals surface area contributed by atoms with Crippen LogP contribution in [0.3, 0.4) is 0 Å². The van der Waals surface area contributed by atoms with Crippen LogP contribution in [-0.4, -0.2) is 35.3 Å². The number of aromatic amines is 1. The van der Waals surface area contributed by atoms with Crippen LogP contribution in [0.1, 0.15) is 38.4 Å². The molecule has 2 amide bonds. The van der Waals surface area contributed by atoms with Gasteiger partial charge in [0.25, 0.3) is 0 Å². The fourth-order valence-corrected chi connectivity index (χ4v) is 2.57. The van der Waals surface area contributed by atoms with Crippen molar-refractivity contribution in [1.82, 2.24) is 15.3 Å². The lowest BCUT2D eigenvalue weighted by Gasteiger charge is -2.11. The zero-order chi connectivity index (χ0) is 15.5. The van der Waals surface area contributed by atoms with Gasteiger partial charge >= 0.3 is 6.03 Å². The summed E-state index contributed by atoms with van der Waals surface area (Å²) in [4.78, 5) is 19.7. The van der Waals surface area contributed by atoms with Crippen LogP contribution in [0.15, 0.2) is 18.2 Å². The number of imidazole rings is 1. The first-order chi connectivity index (χ1) is 10.6. The van der Waals surface area contributed by atoms with Crippen molar-refractivity contribution in [2.75, 3.05) is 18.5 Å². The molecule has 1 atom stereocenters. The van der Waals surface area contributed by atoms with Gasteiger partial charge in [-0.25, -0.2) is 9.78 Å². The third kappa shape index (κ3) is 3.39. The maximum atomic E-state index is 11.9. The molecule has 0 aliphatic carbocycles. The zero-order valence-electron chi connectivity index (χ0n) is 13.0. The standard InChI is InChI=1S/C16H22N4O2/c1-10(2)15-19-13-6-5-11(8-14(13)20-15)18-16(21)17-9-12-4-3-7-22-12/h5-6,8,10,12H,3-4,7,9H2,1-2H3,(H,19,20)(H2,17,18,21)/t12-/m1/s1. The Labute approximate surface area is 129 Å². The van der Waals surface area contributed by atoms with E-state index in [9.17, 15) is 4.79 Å². The Morgan fingerprint density at radius 3 is 3.09 bits per heavy atom. The highest BCUT2D eigenvalue weighted by atomic mass is 16.5. The Morgan fingerprint density at radius 1 is 1.50 bits per heavy atom. The number of benzene rings is 1. The highest BCUT2D eigenvalue weighted by molar-refractivity contribution is 5.91. The summed E-state index contributed by atoms with van der Waals surface area (Å²) in [7, 11) is 0. The molecule has 2 heterocycles. The number of anilines is 1. The Hall–Kier alpha value is -2.08. The van der Waals surface area contributed by atoms with Crippen molar-refractivity contribution in [2.45, 2.75) is 38.7 Å². The molecule has 22 heavy (non-hydrogen) atoms. The van der Waals surface area contributed by atoms with Gasteiger partial charge in [-0.05, 0) is 31.0 Å². The average Bonchev–Trinajstić information content (AvgIpc) is 3.14. The van der Waals surface area contributed by atoms with Crippen LogP contribution < -0.4 is 10.6 Å². The van der Waals surface area contributed by atoms with Gasteiger partial charge in [0, 0.05) is 24.8 Å². The van der Waals surface area contributed by atoms with E-state index in [0.29, 0.717) is 12.5 Å². The van der Waals surface area contributed by atoms with Crippen LogP contribution in [0.25, 0.3) is 11.0 Å². The molecule has 0 unspecified atom stereocenters. The van der Waals surface area contributed by atoms with E-state index in [-0.39, 0.29) is 12.1 Å². The molecule has 0 spiro atoms. The molecular formula is C16H22N4O2. The predicted octanol–water partition coefficient (Wildman–Crippen LogP) is 2.99. The van der Waals surface area contributed by atoms with E-state index in [2.05, 4.69) is 34.4 Å². The van der Waals surface area contributed by atoms with Crippen molar-refractivity contribution in [2.24, 2.45) is 0 Å². The van der Waals surface area contributed by atoms with E-state index in [0.717, 1.165) is 42.0 Å². The van der Waals surface area contributed by atoms with Gasteiger partial charge in [-0.2, -0.15) is 0 Å². The molecule has 1 aromatic carbocycles. The number of H-pyrrole nitrogens is 1. The number of carbonyl (C=O) groups is 1. The van der Waals surface area contributed by atoms with Crippen LogP contribution in [0.2, 0.25) is 0 Å². The van der Waals surface area contributed by atoms with Crippen LogP contribution in [0.5, 0.6) is 0 Å². The molecule has 3 rings (SSSR count). The molecule has 6 heteroatoms. The SMILES string of the molecule is CC(C)c1nc2ccc(NC(=O)NC[C@H]3CCCO3)cc2[nH]1. The predicted molar refractivity (Wildman–Crippen MR) is 86.2 cm³/mol. The molecule has 2 aromatic rings. The number of nitrogens with one attached hydrogen (secondary N) is 3. The number of fused-ring (bicyclic) bond motifs is 1. The molecule has 3 N–H and O–H groups in total. The van der Waals surface area contributed by atoms with Gasteiger partial charge in [-0.15, -0.1) is 0 Å². The van der Waals surface area contributed by atoms with Crippen molar-refractivity contribution in [3.8, 4) is 0 Å². The van der Waals surface area contributed by atoms with Crippen molar-refractivity contribution < 1.29 is 9.53 Å². The zero-order valence-corrected chi connectivity index (χ0v) is 13.0. The molecule has 0 bridgehead atoms. The van der Waals surface area contributed by atoms with Gasteiger partial charge in [0.2, 0.25) is 0 Å². The third-order valence-electron chi connectivity index (χ3n) is 3.82. The average molecular weight is 302 g/mol. The van der Waals surface area contributed by atoms with Gasteiger partial charge in [-0.3, -0.25) is 0 Å². The second-order valence-corrected chi connectivity index (χ2v) is 5.98. The summed E-state index contributed by atoms with van der Waals surface area (Å²) in [5.41, 5.74) is 2.59. The van der Waals surface area contributed by atoms with Crippen LogP contribution >= 0.6 is 0 Å². The van der Waals surface area contributed by atoms with Gasteiger partial charge in [-0.1, -0.05) is 13.8 Å². The number of rotatable bonds is 4. The Morgan fingerprint density at radius 2 is 2.36 bits per heavy atom. The summed E-state index contributed by atoms with van der Waals surface area (Å²) in [5, 5.41) is 5.69. The molecule has 1 saturated heterocycles. The maximum absolute atomic E-state index is 11.9. The first-order valence-corrected chi connectivity index (χ1v) is 7.78. The normalized spacial score (nSPS) is 18.0. The van der Waals surface area contributed by atoms with E-state index >= 15 is 0 Å². The number of hydrogen-bond acceptors (Lipinski definition) is 3. The quantitative estimate of drug-likeness (QED) is 0.812. The molecule has 1 aliphatic heterocycles. The Balaban J connectivity index is 1.61. The number of ether oxygens (including phenoxy) is 1. The van der Waals surface area contributed by atoms with Crippen molar-refractivity contribution in [1.29, 1.82) is 0 Å². The van der Waals surface area contributed by atoms with E-state index in [1.165, 1.54) is 0 Å². The summed E-state index contributed by atoms with van der Waals surface area (Å²) >= 11 is 0. The second kappa shape index (κ2) is 6.36. The van der Waals surface area contributed by atoms with Gasteiger partial charge in [0.05, 0.1) is 17.1 Å². The third-order valence-corrected chi connectivity index (χ3v) is 3.82. The van der Waals surface area contributed by atoms with E-state index in [4.69, 9.17) is 4.74 Å².